The average Bonchev–Trinajstić information content (AvgIpc) is 2.64. The molecule has 1 fully saturated rings. The molecule has 0 saturated heterocycles. The predicted molar refractivity (Wildman–Crippen MR) is 89.4 cm³/mol. The predicted octanol–water partition coefficient (Wildman–Crippen LogP) is 1.75. The summed E-state index contributed by atoms with van der Waals surface area (Å²) in [6, 6.07) is 8.84. The maximum absolute atomic E-state index is 12.1. The summed E-state index contributed by atoms with van der Waals surface area (Å²) >= 11 is 0. The van der Waals surface area contributed by atoms with E-state index in [1.807, 2.05) is 0 Å². The summed E-state index contributed by atoms with van der Waals surface area (Å²) in [5.74, 6) is -1.17. The zero-order valence-electron chi connectivity index (χ0n) is 14.0. The van der Waals surface area contributed by atoms with E-state index in [4.69, 9.17) is 4.74 Å². The molecule has 2 amide bonds. The minimum atomic E-state index is -0.621. The lowest BCUT2D eigenvalue weighted by atomic mass is 9.94. The summed E-state index contributed by atoms with van der Waals surface area (Å²) in [7, 11) is 1.75. The highest BCUT2D eigenvalue weighted by Crippen LogP contribution is 2.21. The molecular formula is C18H24N2O4. The molecule has 1 aliphatic carbocycles. The molecule has 0 atom stereocenters. The molecule has 2 rings (SSSR count). The number of rotatable bonds is 6. The molecular weight excluding hydrogens is 308 g/mol. The second kappa shape index (κ2) is 9.05. The van der Waals surface area contributed by atoms with Crippen molar-refractivity contribution in [2.45, 2.75) is 38.1 Å². The smallest absolute Gasteiger partial charge is 0.325 e. The van der Waals surface area contributed by atoms with Gasteiger partial charge in [0, 0.05) is 18.7 Å². The minimum absolute atomic E-state index is 0.204. The monoisotopic (exact) mass is 332 g/mol. The quantitative estimate of drug-likeness (QED) is 0.805. The summed E-state index contributed by atoms with van der Waals surface area (Å²) in [6.45, 7) is -0.540. The number of amides is 2. The fourth-order valence-corrected chi connectivity index (χ4v) is 2.81. The van der Waals surface area contributed by atoms with Crippen molar-refractivity contribution in [3.63, 3.8) is 0 Å². The summed E-state index contributed by atoms with van der Waals surface area (Å²) in [5, 5.41) is 2.48. The minimum Gasteiger partial charge on any atom is -0.454 e. The number of ether oxygens (including phenoxy) is 1. The molecule has 0 heterocycles. The van der Waals surface area contributed by atoms with Crippen molar-refractivity contribution in [3.05, 3.63) is 35.9 Å². The van der Waals surface area contributed by atoms with Crippen molar-refractivity contribution in [2.75, 3.05) is 20.2 Å². The van der Waals surface area contributed by atoms with E-state index in [0.717, 1.165) is 25.7 Å². The second-order valence-electron chi connectivity index (χ2n) is 6.01. The molecule has 0 aromatic heterocycles. The van der Waals surface area contributed by atoms with Crippen LogP contribution in [-0.2, 0) is 14.3 Å². The molecule has 1 N–H and O–H groups in total. The Labute approximate surface area is 142 Å². The Balaban J connectivity index is 1.68. The Hall–Kier alpha value is -2.37. The van der Waals surface area contributed by atoms with Gasteiger partial charge in [-0.15, -0.1) is 0 Å². The number of nitrogens with one attached hydrogen (secondary N) is 1. The summed E-state index contributed by atoms with van der Waals surface area (Å²) in [4.78, 5) is 37.2. The Morgan fingerprint density at radius 1 is 1.12 bits per heavy atom. The lowest BCUT2D eigenvalue weighted by molar-refractivity contribution is -0.151. The lowest BCUT2D eigenvalue weighted by Crippen LogP contribution is -2.41. The van der Waals surface area contributed by atoms with E-state index < -0.39 is 5.97 Å². The highest BCUT2D eigenvalue weighted by atomic mass is 16.5. The molecule has 0 bridgehead atoms. The Morgan fingerprint density at radius 2 is 1.79 bits per heavy atom. The van der Waals surface area contributed by atoms with Crippen molar-refractivity contribution in [1.82, 2.24) is 10.2 Å². The van der Waals surface area contributed by atoms with Gasteiger partial charge < -0.3 is 15.0 Å². The zero-order chi connectivity index (χ0) is 17.4. The zero-order valence-corrected chi connectivity index (χ0v) is 14.0. The highest BCUT2D eigenvalue weighted by Gasteiger charge is 2.22. The van der Waals surface area contributed by atoms with Crippen LogP contribution >= 0.6 is 0 Å². The third kappa shape index (κ3) is 5.37. The van der Waals surface area contributed by atoms with Crippen LogP contribution in [0.15, 0.2) is 30.3 Å². The van der Waals surface area contributed by atoms with Gasteiger partial charge in [0.2, 0.25) is 0 Å². The SMILES string of the molecule is CN(C(=O)COC(=O)CNC(=O)c1ccccc1)C1CCCCC1. The van der Waals surface area contributed by atoms with Gasteiger partial charge in [0.15, 0.2) is 6.61 Å². The maximum atomic E-state index is 12.1. The van der Waals surface area contributed by atoms with Crippen molar-refractivity contribution in [2.24, 2.45) is 0 Å². The molecule has 6 heteroatoms. The van der Waals surface area contributed by atoms with Gasteiger partial charge in [0.25, 0.3) is 11.8 Å². The molecule has 1 saturated carbocycles. The van der Waals surface area contributed by atoms with E-state index in [-0.39, 0.29) is 31.0 Å². The molecule has 0 unspecified atom stereocenters. The molecule has 24 heavy (non-hydrogen) atoms. The first-order valence-corrected chi connectivity index (χ1v) is 8.32. The van der Waals surface area contributed by atoms with Crippen molar-refractivity contribution in [3.8, 4) is 0 Å². The van der Waals surface area contributed by atoms with E-state index in [1.54, 1.807) is 42.3 Å². The van der Waals surface area contributed by atoms with E-state index in [1.165, 1.54) is 6.42 Å². The molecule has 1 aromatic rings. The molecule has 0 spiro atoms. The van der Waals surface area contributed by atoms with Crippen LogP contribution in [0.4, 0.5) is 0 Å². The maximum Gasteiger partial charge on any atom is 0.325 e. The normalized spacial score (nSPS) is 14.7. The Kier molecular flexibility index (Phi) is 6.78. The molecule has 6 nitrogen and oxygen atoms in total. The van der Waals surface area contributed by atoms with E-state index in [2.05, 4.69) is 5.32 Å². The number of likely N-dealkylation sites (N-methyl/N-ethyl adjacent to an activating group) is 1. The fourth-order valence-electron chi connectivity index (χ4n) is 2.81. The Bertz CT molecular complexity index is 568. The molecule has 0 radical (unpaired) electrons. The standard InChI is InChI=1S/C18H24N2O4/c1-20(15-10-6-3-7-11-15)16(21)13-24-17(22)12-19-18(23)14-8-4-2-5-9-14/h2,4-5,8-9,15H,3,6-7,10-13H2,1H3,(H,19,23). The Morgan fingerprint density at radius 3 is 2.46 bits per heavy atom. The number of carbonyl (C=O) groups excluding carboxylic acids is 3. The van der Waals surface area contributed by atoms with Crippen LogP contribution in [-0.4, -0.2) is 48.9 Å². The lowest BCUT2D eigenvalue weighted by Gasteiger charge is -2.31. The van der Waals surface area contributed by atoms with Crippen molar-refractivity contribution in [1.29, 1.82) is 0 Å². The summed E-state index contributed by atoms with van der Waals surface area (Å²) in [5.41, 5.74) is 0.471. The number of esters is 1. The summed E-state index contributed by atoms with van der Waals surface area (Å²) in [6.07, 6.45) is 5.49. The van der Waals surface area contributed by atoms with Gasteiger partial charge in [0.1, 0.15) is 6.54 Å². The highest BCUT2D eigenvalue weighted by molar-refractivity contribution is 5.96. The third-order valence-electron chi connectivity index (χ3n) is 4.30. The van der Waals surface area contributed by atoms with Crippen LogP contribution in [0.3, 0.4) is 0 Å². The number of hydrogen-bond acceptors (Lipinski definition) is 4. The average molecular weight is 332 g/mol. The molecule has 130 valence electrons. The second-order valence-corrected chi connectivity index (χ2v) is 6.01. The van der Waals surface area contributed by atoms with E-state index >= 15 is 0 Å². The first-order valence-electron chi connectivity index (χ1n) is 8.32. The van der Waals surface area contributed by atoms with Crippen LogP contribution in [0.2, 0.25) is 0 Å². The van der Waals surface area contributed by atoms with Crippen LogP contribution in [0, 0.1) is 0 Å². The van der Waals surface area contributed by atoms with Gasteiger partial charge in [-0.3, -0.25) is 14.4 Å². The molecule has 1 aromatic carbocycles. The van der Waals surface area contributed by atoms with Gasteiger partial charge >= 0.3 is 5.97 Å². The number of hydrogen-bond donors (Lipinski definition) is 1. The van der Waals surface area contributed by atoms with Gasteiger partial charge in [-0.25, -0.2) is 0 Å². The van der Waals surface area contributed by atoms with Crippen molar-refractivity contribution < 1.29 is 19.1 Å². The number of benzene rings is 1. The van der Waals surface area contributed by atoms with Crippen LogP contribution in [0.1, 0.15) is 42.5 Å². The molecule has 1 aliphatic rings. The largest absolute Gasteiger partial charge is 0.454 e. The molecule has 0 aliphatic heterocycles. The van der Waals surface area contributed by atoms with Gasteiger partial charge in [-0.1, -0.05) is 37.5 Å². The van der Waals surface area contributed by atoms with Crippen LogP contribution in [0.25, 0.3) is 0 Å². The van der Waals surface area contributed by atoms with Gasteiger partial charge in [0.05, 0.1) is 0 Å². The first kappa shape index (κ1) is 18.0. The number of carbonyl (C=O) groups is 3. The van der Waals surface area contributed by atoms with Gasteiger partial charge in [-0.2, -0.15) is 0 Å². The van der Waals surface area contributed by atoms with Crippen molar-refractivity contribution >= 4 is 17.8 Å². The summed E-state index contributed by atoms with van der Waals surface area (Å²) < 4.78 is 4.96. The fraction of sp³-hybridized carbons (Fsp3) is 0.500. The first-order chi connectivity index (χ1) is 11.6. The number of nitrogens with zero attached hydrogens (tertiary/aromatic N) is 1. The van der Waals surface area contributed by atoms with Gasteiger partial charge in [-0.05, 0) is 25.0 Å². The topological polar surface area (TPSA) is 75.7 Å². The van der Waals surface area contributed by atoms with Crippen LogP contribution < -0.4 is 5.32 Å². The van der Waals surface area contributed by atoms with Crippen LogP contribution in [0.5, 0.6) is 0 Å². The van der Waals surface area contributed by atoms with E-state index in [9.17, 15) is 14.4 Å². The van der Waals surface area contributed by atoms with E-state index in [0.29, 0.717) is 5.56 Å². The third-order valence-corrected chi connectivity index (χ3v) is 4.30.